The summed E-state index contributed by atoms with van der Waals surface area (Å²) in [5.41, 5.74) is 4.02. The van der Waals surface area contributed by atoms with Crippen LogP contribution in [0.15, 0.2) is 54.7 Å². The second kappa shape index (κ2) is 6.24. The minimum absolute atomic E-state index is 0.642. The minimum atomic E-state index is 0.642. The molecular formula is C19H16N4O2. The molecule has 0 spiro atoms. The molecule has 0 saturated carbocycles. The van der Waals surface area contributed by atoms with Crippen molar-refractivity contribution in [1.29, 1.82) is 0 Å². The molecular weight excluding hydrogens is 316 g/mol. The molecule has 3 heterocycles. The minimum Gasteiger partial charge on any atom is -0.493 e. The number of imidazole rings is 1. The SMILES string of the molecule is COc1cc2nc(-c3cccc(-c4ccccn4)n3)[nH]c2cc1OC. The zero-order chi connectivity index (χ0) is 17.2. The fourth-order valence-electron chi connectivity index (χ4n) is 2.68. The predicted octanol–water partition coefficient (Wildman–Crippen LogP) is 3.70. The standard InChI is InChI=1S/C19H16N4O2/c1-24-17-10-15-16(11-18(17)25-2)23-19(22-15)14-8-5-7-13(21-14)12-6-3-4-9-20-12/h3-11H,1-2H3,(H,22,23). The average molecular weight is 332 g/mol. The first-order valence-corrected chi connectivity index (χ1v) is 7.79. The lowest BCUT2D eigenvalue weighted by Crippen LogP contribution is -1.90. The summed E-state index contributed by atoms with van der Waals surface area (Å²) >= 11 is 0. The summed E-state index contributed by atoms with van der Waals surface area (Å²) in [7, 11) is 3.22. The lowest BCUT2D eigenvalue weighted by molar-refractivity contribution is 0.356. The molecule has 0 saturated heterocycles. The number of fused-ring (bicyclic) bond motifs is 1. The van der Waals surface area contributed by atoms with E-state index in [1.807, 2.05) is 48.5 Å². The Bertz CT molecular complexity index is 987. The molecule has 6 nitrogen and oxygen atoms in total. The van der Waals surface area contributed by atoms with E-state index < -0.39 is 0 Å². The summed E-state index contributed by atoms with van der Waals surface area (Å²) in [5, 5.41) is 0. The number of ether oxygens (including phenoxy) is 2. The number of aromatic amines is 1. The highest BCUT2D eigenvalue weighted by Crippen LogP contribution is 2.32. The molecule has 0 radical (unpaired) electrons. The monoisotopic (exact) mass is 332 g/mol. The fourth-order valence-corrected chi connectivity index (χ4v) is 2.68. The van der Waals surface area contributed by atoms with Gasteiger partial charge in [-0.3, -0.25) is 4.98 Å². The molecule has 25 heavy (non-hydrogen) atoms. The Labute approximate surface area is 144 Å². The quantitative estimate of drug-likeness (QED) is 0.617. The van der Waals surface area contributed by atoms with Gasteiger partial charge in [0.25, 0.3) is 0 Å². The number of pyridine rings is 2. The topological polar surface area (TPSA) is 72.9 Å². The van der Waals surface area contributed by atoms with Gasteiger partial charge in [0.2, 0.25) is 0 Å². The highest BCUT2D eigenvalue weighted by molar-refractivity contribution is 5.82. The Morgan fingerprint density at radius 1 is 0.800 bits per heavy atom. The van der Waals surface area contributed by atoms with Crippen molar-refractivity contribution in [2.24, 2.45) is 0 Å². The van der Waals surface area contributed by atoms with E-state index in [0.717, 1.165) is 28.1 Å². The van der Waals surface area contributed by atoms with Gasteiger partial charge in [0.05, 0.1) is 36.6 Å². The van der Waals surface area contributed by atoms with E-state index in [9.17, 15) is 0 Å². The van der Waals surface area contributed by atoms with E-state index >= 15 is 0 Å². The second-order valence-electron chi connectivity index (χ2n) is 5.43. The first kappa shape index (κ1) is 15.1. The molecule has 0 atom stereocenters. The van der Waals surface area contributed by atoms with Crippen molar-refractivity contribution in [3.8, 4) is 34.4 Å². The van der Waals surface area contributed by atoms with Gasteiger partial charge in [0, 0.05) is 18.3 Å². The molecule has 4 rings (SSSR count). The maximum Gasteiger partial charge on any atom is 0.163 e. The third kappa shape index (κ3) is 2.78. The van der Waals surface area contributed by atoms with Crippen molar-refractivity contribution >= 4 is 11.0 Å². The zero-order valence-electron chi connectivity index (χ0n) is 13.9. The van der Waals surface area contributed by atoms with Crippen LogP contribution in [0.2, 0.25) is 0 Å². The van der Waals surface area contributed by atoms with Gasteiger partial charge in [0.1, 0.15) is 5.69 Å². The number of benzene rings is 1. The highest BCUT2D eigenvalue weighted by Gasteiger charge is 2.12. The summed E-state index contributed by atoms with van der Waals surface area (Å²) in [6, 6.07) is 15.3. The number of nitrogens with zero attached hydrogens (tertiary/aromatic N) is 3. The number of aromatic nitrogens is 4. The van der Waals surface area contributed by atoms with E-state index in [2.05, 4.69) is 19.9 Å². The Morgan fingerprint density at radius 2 is 1.56 bits per heavy atom. The van der Waals surface area contributed by atoms with Crippen LogP contribution in [0.1, 0.15) is 0 Å². The van der Waals surface area contributed by atoms with Crippen LogP contribution in [0, 0.1) is 0 Å². The van der Waals surface area contributed by atoms with Crippen LogP contribution in [-0.4, -0.2) is 34.2 Å². The average Bonchev–Trinajstić information content (AvgIpc) is 3.10. The molecule has 0 bridgehead atoms. The van der Waals surface area contributed by atoms with Crippen LogP contribution in [0.3, 0.4) is 0 Å². The van der Waals surface area contributed by atoms with E-state index in [1.165, 1.54) is 0 Å². The maximum atomic E-state index is 5.34. The highest BCUT2D eigenvalue weighted by atomic mass is 16.5. The molecule has 0 fully saturated rings. The third-order valence-corrected chi connectivity index (χ3v) is 3.91. The molecule has 3 aromatic heterocycles. The van der Waals surface area contributed by atoms with Gasteiger partial charge in [0.15, 0.2) is 17.3 Å². The third-order valence-electron chi connectivity index (χ3n) is 3.91. The summed E-state index contributed by atoms with van der Waals surface area (Å²) in [4.78, 5) is 16.9. The number of H-pyrrole nitrogens is 1. The molecule has 0 aliphatic rings. The van der Waals surface area contributed by atoms with Crippen LogP contribution >= 0.6 is 0 Å². The van der Waals surface area contributed by atoms with Crippen LogP contribution in [0.5, 0.6) is 11.5 Å². The van der Waals surface area contributed by atoms with Crippen LogP contribution < -0.4 is 9.47 Å². The number of hydrogen-bond donors (Lipinski definition) is 1. The molecule has 6 heteroatoms. The summed E-state index contributed by atoms with van der Waals surface area (Å²) in [5.74, 6) is 1.98. The molecule has 124 valence electrons. The van der Waals surface area contributed by atoms with Crippen molar-refractivity contribution in [2.75, 3.05) is 14.2 Å². The van der Waals surface area contributed by atoms with Gasteiger partial charge in [-0.25, -0.2) is 9.97 Å². The number of methoxy groups -OCH3 is 2. The molecule has 0 unspecified atom stereocenters. The Morgan fingerprint density at radius 3 is 2.32 bits per heavy atom. The Hall–Kier alpha value is -3.41. The Kier molecular flexibility index (Phi) is 3.78. The zero-order valence-corrected chi connectivity index (χ0v) is 13.9. The van der Waals surface area contributed by atoms with Crippen LogP contribution in [-0.2, 0) is 0 Å². The van der Waals surface area contributed by atoms with Gasteiger partial charge in [-0.15, -0.1) is 0 Å². The van der Waals surface area contributed by atoms with Crippen molar-refractivity contribution in [1.82, 2.24) is 19.9 Å². The number of nitrogens with one attached hydrogen (secondary N) is 1. The van der Waals surface area contributed by atoms with Crippen LogP contribution in [0.25, 0.3) is 33.9 Å². The van der Waals surface area contributed by atoms with Crippen molar-refractivity contribution in [3.63, 3.8) is 0 Å². The molecule has 0 aliphatic heterocycles. The predicted molar refractivity (Wildman–Crippen MR) is 95.7 cm³/mol. The summed E-state index contributed by atoms with van der Waals surface area (Å²) in [6.07, 6.45) is 1.75. The van der Waals surface area contributed by atoms with E-state index in [0.29, 0.717) is 17.3 Å². The fraction of sp³-hybridized carbons (Fsp3) is 0.105. The van der Waals surface area contributed by atoms with Gasteiger partial charge >= 0.3 is 0 Å². The van der Waals surface area contributed by atoms with Crippen molar-refractivity contribution in [2.45, 2.75) is 0 Å². The largest absolute Gasteiger partial charge is 0.493 e. The molecule has 4 aromatic rings. The second-order valence-corrected chi connectivity index (χ2v) is 5.43. The lowest BCUT2D eigenvalue weighted by Gasteiger charge is -2.06. The summed E-state index contributed by atoms with van der Waals surface area (Å²) < 4.78 is 10.7. The van der Waals surface area contributed by atoms with Gasteiger partial charge < -0.3 is 14.5 Å². The molecule has 1 aromatic carbocycles. The lowest BCUT2D eigenvalue weighted by atomic mass is 10.2. The van der Waals surface area contributed by atoms with Gasteiger partial charge in [-0.2, -0.15) is 0 Å². The number of hydrogen-bond acceptors (Lipinski definition) is 5. The molecule has 0 amide bonds. The van der Waals surface area contributed by atoms with E-state index in [1.54, 1.807) is 20.4 Å². The van der Waals surface area contributed by atoms with Crippen LogP contribution in [0.4, 0.5) is 0 Å². The summed E-state index contributed by atoms with van der Waals surface area (Å²) in [6.45, 7) is 0. The molecule has 1 N–H and O–H groups in total. The first-order chi connectivity index (χ1) is 12.3. The van der Waals surface area contributed by atoms with Crippen molar-refractivity contribution in [3.05, 3.63) is 54.7 Å². The van der Waals surface area contributed by atoms with E-state index in [-0.39, 0.29) is 0 Å². The maximum absolute atomic E-state index is 5.34. The van der Waals surface area contributed by atoms with Crippen molar-refractivity contribution < 1.29 is 9.47 Å². The Balaban J connectivity index is 1.80. The molecule has 0 aliphatic carbocycles. The smallest absolute Gasteiger partial charge is 0.163 e. The normalized spacial score (nSPS) is 10.8. The van der Waals surface area contributed by atoms with E-state index in [4.69, 9.17) is 9.47 Å². The first-order valence-electron chi connectivity index (χ1n) is 7.79. The van der Waals surface area contributed by atoms with Gasteiger partial charge in [-0.05, 0) is 24.3 Å². The number of rotatable bonds is 4. The van der Waals surface area contributed by atoms with Gasteiger partial charge in [-0.1, -0.05) is 12.1 Å².